The van der Waals surface area contributed by atoms with Gasteiger partial charge in [0.2, 0.25) is 0 Å². The molecule has 1 saturated heterocycles. The average Bonchev–Trinajstić information content (AvgIpc) is 2.53. The van der Waals surface area contributed by atoms with Crippen molar-refractivity contribution in [3.63, 3.8) is 0 Å². The van der Waals surface area contributed by atoms with Crippen LogP contribution in [0.3, 0.4) is 0 Å². The highest BCUT2D eigenvalue weighted by atomic mass is 16.6. The molecule has 6 heteroatoms. The molecular formula is C21H33NO5. The van der Waals surface area contributed by atoms with Gasteiger partial charge in [-0.1, -0.05) is 13.8 Å². The number of ketones is 2. The number of rotatable bonds is 4. The molecule has 152 valence electrons. The third-order valence-corrected chi connectivity index (χ3v) is 5.43. The molecule has 0 saturated carbocycles. The number of allylic oxidation sites excluding steroid dienone is 2. The zero-order chi connectivity index (χ0) is 20.4. The van der Waals surface area contributed by atoms with E-state index < -0.39 is 5.60 Å². The van der Waals surface area contributed by atoms with E-state index in [4.69, 9.17) is 4.74 Å². The molecule has 1 amide bonds. The maximum absolute atomic E-state index is 12.6. The van der Waals surface area contributed by atoms with Crippen LogP contribution in [0.15, 0.2) is 11.3 Å². The number of ether oxygens (including phenoxy) is 1. The molecule has 0 aromatic rings. The van der Waals surface area contributed by atoms with Gasteiger partial charge in [0.25, 0.3) is 0 Å². The Balaban J connectivity index is 1.90. The molecule has 1 N–H and O–H groups in total. The average molecular weight is 379 g/mol. The molecule has 0 aromatic heterocycles. The van der Waals surface area contributed by atoms with Crippen molar-refractivity contribution in [1.29, 1.82) is 0 Å². The van der Waals surface area contributed by atoms with Crippen LogP contribution in [-0.2, 0) is 14.3 Å². The number of hydrogen-bond donors (Lipinski definition) is 1. The van der Waals surface area contributed by atoms with Crippen LogP contribution < -0.4 is 0 Å². The van der Waals surface area contributed by atoms with Crippen LogP contribution in [0.1, 0.15) is 66.7 Å². The van der Waals surface area contributed by atoms with Crippen molar-refractivity contribution < 1.29 is 24.2 Å². The minimum Gasteiger partial charge on any atom is -0.511 e. The minimum atomic E-state index is -0.525. The van der Waals surface area contributed by atoms with Crippen LogP contribution in [-0.4, -0.2) is 46.4 Å². The van der Waals surface area contributed by atoms with Crippen LogP contribution in [0.5, 0.6) is 0 Å². The molecule has 0 aromatic carbocycles. The molecule has 0 spiro atoms. The van der Waals surface area contributed by atoms with Gasteiger partial charge in [-0.15, -0.1) is 0 Å². The molecule has 2 aliphatic rings. The van der Waals surface area contributed by atoms with E-state index in [1.165, 1.54) is 0 Å². The number of likely N-dealkylation sites (tertiary alicyclic amines) is 1. The number of carbonyl (C=O) groups is 3. The maximum Gasteiger partial charge on any atom is 0.410 e. The van der Waals surface area contributed by atoms with Crippen LogP contribution in [0.2, 0.25) is 0 Å². The first kappa shape index (κ1) is 21.5. The fourth-order valence-corrected chi connectivity index (χ4v) is 3.72. The van der Waals surface area contributed by atoms with Crippen molar-refractivity contribution >= 4 is 17.7 Å². The van der Waals surface area contributed by atoms with E-state index in [1.807, 2.05) is 34.6 Å². The number of nitrogens with zero attached hydrogens (tertiary/aromatic N) is 1. The predicted molar refractivity (Wildman–Crippen MR) is 102 cm³/mol. The van der Waals surface area contributed by atoms with E-state index in [0.29, 0.717) is 44.7 Å². The number of aliphatic hydroxyl groups is 1. The number of carbonyl (C=O) groups excluding carboxylic acids is 3. The molecule has 27 heavy (non-hydrogen) atoms. The molecule has 1 unspecified atom stereocenters. The van der Waals surface area contributed by atoms with E-state index in [2.05, 4.69) is 0 Å². The summed E-state index contributed by atoms with van der Waals surface area (Å²) in [5, 5.41) is 10.3. The van der Waals surface area contributed by atoms with Gasteiger partial charge in [-0.3, -0.25) is 9.59 Å². The Bertz CT molecular complexity index is 621. The lowest BCUT2D eigenvalue weighted by Gasteiger charge is -2.33. The fourth-order valence-electron chi connectivity index (χ4n) is 3.72. The Labute approximate surface area is 161 Å². The Morgan fingerprint density at radius 2 is 1.78 bits per heavy atom. The smallest absolute Gasteiger partial charge is 0.410 e. The number of Topliss-reactive ketones (excluding diaryl/α,β-unsaturated/α-hetero) is 2. The molecule has 1 fully saturated rings. The van der Waals surface area contributed by atoms with E-state index in [1.54, 1.807) is 4.90 Å². The van der Waals surface area contributed by atoms with Crippen LogP contribution in [0.25, 0.3) is 0 Å². The molecule has 6 nitrogen and oxygen atoms in total. The molecule has 1 heterocycles. The lowest BCUT2D eigenvalue weighted by Crippen LogP contribution is -2.42. The minimum absolute atomic E-state index is 0.0153. The third-order valence-electron chi connectivity index (χ3n) is 5.43. The lowest BCUT2D eigenvalue weighted by molar-refractivity contribution is -0.123. The molecule has 0 radical (unpaired) electrons. The quantitative estimate of drug-likeness (QED) is 0.745. The summed E-state index contributed by atoms with van der Waals surface area (Å²) in [5.74, 6) is -0.00614. The van der Waals surface area contributed by atoms with E-state index >= 15 is 0 Å². The summed E-state index contributed by atoms with van der Waals surface area (Å²) in [6, 6.07) is 0. The third kappa shape index (κ3) is 5.81. The second-order valence-corrected chi connectivity index (χ2v) is 9.20. The predicted octanol–water partition coefficient (Wildman–Crippen LogP) is 4.04. The zero-order valence-electron chi connectivity index (χ0n) is 17.2. The van der Waals surface area contributed by atoms with Gasteiger partial charge in [0, 0.05) is 32.4 Å². The lowest BCUT2D eigenvalue weighted by atomic mass is 9.78. The summed E-state index contributed by atoms with van der Waals surface area (Å²) in [6.45, 7) is 10.6. The molecule has 2 rings (SSSR count). The van der Waals surface area contributed by atoms with E-state index in [0.717, 1.165) is 0 Å². The van der Waals surface area contributed by atoms with Gasteiger partial charge in [0.05, 0.1) is 5.57 Å². The monoisotopic (exact) mass is 379 g/mol. The van der Waals surface area contributed by atoms with Crippen molar-refractivity contribution in [2.45, 2.75) is 72.3 Å². The van der Waals surface area contributed by atoms with Gasteiger partial charge in [0.15, 0.2) is 11.6 Å². The van der Waals surface area contributed by atoms with Gasteiger partial charge in [0.1, 0.15) is 11.4 Å². The zero-order valence-corrected chi connectivity index (χ0v) is 17.2. The van der Waals surface area contributed by atoms with Crippen molar-refractivity contribution in [3.8, 4) is 0 Å². The molecule has 1 atom stereocenters. The Kier molecular flexibility index (Phi) is 6.71. The SMILES string of the molecule is CC(C)C1CC(=O)C(C(=O)CC2CCN(C(=O)OC(C)(C)C)CC2)=C(O)C1. The van der Waals surface area contributed by atoms with Crippen LogP contribution in [0, 0.1) is 17.8 Å². The van der Waals surface area contributed by atoms with E-state index in [9.17, 15) is 19.5 Å². The number of amides is 1. The highest BCUT2D eigenvalue weighted by Crippen LogP contribution is 2.33. The topological polar surface area (TPSA) is 83.9 Å². The highest BCUT2D eigenvalue weighted by molar-refractivity contribution is 6.21. The number of piperidine rings is 1. The molecule has 0 bridgehead atoms. The highest BCUT2D eigenvalue weighted by Gasteiger charge is 2.34. The Morgan fingerprint density at radius 1 is 1.19 bits per heavy atom. The fraction of sp³-hybridized carbons (Fsp3) is 0.762. The summed E-state index contributed by atoms with van der Waals surface area (Å²) < 4.78 is 5.38. The van der Waals surface area contributed by atoms with Gasteiger partial charge in [-0.05, 0) is 51.4 Å². The van der Waals surface area contributed by atoms with Crippen molar-refractivity contribution in [3.05, 3.63) is 11.3 Å². The van der Waals surface area contributed by atoms with E-state index in [-0.39, 0.29) is 47.2 Å². The molecule has 1 aliphatic heterocycles. The number of hydrogen-bond acceptors (Lipinski definition) is 5. The van der Waals surface area contributed by atoms with Gasteiger partial charge in [-0.25, -0.2) is 4.79 Å². The first-order chi connectivity index (χ1) is 12.5. The maximum atomic E-state index is 12.6. The first-order valence-corrected chi connectivity index (χ1v) is 9.94. The first-order valence-electron chi connectivity index (χ1n) is 9.94. The normalized spacial score (nSPS) is 22.4. The van der Waals surface area contributed by atoms with Crippen LogP contribution in [0.4, 0.5) is 4.79 Å². The van der Waals surface area contributed by atoms with Gasteiger partial charge < -0.3 is 14.7 Å². The molecular weight excluding hydrogens is 346 g/mol. The summed E-state index contributed by atoms with van der Waals surface area (Å²) in [6.07, 6.45) is 2.06. The Hall–Kier alpha value is -1.85. The second-order valence-electron chi connectivity index (χ2n) is 9.20. The largest absolute Gasteiger partial charge is 0.511 e. The standard InChI is InChI=1S/C21H33NO5/c1-13(2)15-11-17(24)19(18(25)12-15)16(23)10-14-6-8-22(9-7-14)20(26)27-21(3,4)5/h13-15,24H,6-12H2,1-5H3. The second kappa shape index (κ2) is 8.44. The van der Waals surface area contributed by atoms with Gasteiger partial charge in [-0.2, -0.15) is 0 Å². The van der Waals surface area contributed by atoms with Crippen molar-refractivity contribution in [2.75, 3.05) is 13.1 Å². The summed E-state index contributed by atoms with van der Waals surface area (Å²) in [5.41, 5.74) is -0.509. The van der Waals surface area contributed by atoms with Gasteiger partial charge >= 0.3 is 6.09 Å². The van der Waals surface area contributed by atoms with Crippen molar-refractivity contribution in [1.82, 2.24) is 4.90 Å². The summed E-state index contributed by atoms with van der Waals surface area (Å²) in [7, 11) is 0. The Morgan fingerprint density at radius 3 is 2.26 bits per heavy atom. The van der Waals surface area contributed by atoms with Crippen LogP contribution >= 0.6 is 0 Å². The summed E-state index contributed by atoms with van der Waals surface area (Å²) >= 11 is 0. The summed E-state index contributed by atoms with van der Waals surface area (Å²) in [4.78, 5) is 38.8. The van der Waals surface area contributed by atoms with Crippen molar-refractivity contribution in [2.24, 2.45) is 17.8 Å². The molecule has 1 aliphatic carbocycles. The number of aliphatic hydroxyl groups excluding tert-OH is 1.